The van der Waals surface area contributed by atoms with Gasteiger partial charge in [0.05, 0.1) is 5.02 Å². The Hall–Kier alpha value is -0.270. The van der Waals surface area contributed by atoms with Crippen molar-refractivity contribution in [1.29, 1.82) is 0 Å². The molecule has 15 heavy (non-hydrogen) atoms. The van der Waals surface area contributed by atoms with Gasteiger partial charge in [0.1, 0.15) is 5.82 Å². The van der Waals surface area contributed by atoms with Crippen LogP contribution in [0.1, 0.15) is 25.3 Å². The maximum atomic E-state index is 13.2. The van der Waals surface area contributed by atoms with E-state index in [0.29, 0.717) is 11.8 Å². The van der Waals surface area contributed by atoms with Gasteiger partial charge in [0.2, 0.25) is 0 Å². The lowest BCUT2D eigenvalue weighted by atomic mass is 9.97. The van der Waals surface area contributed by atoms with Crippen LogP contribution in [0, 0.1) is 11.7 Å². The first-order chi connectivity index (χ1) is 7.17. The number of rotatable bonds is 5. The number of benzene rings is 1. The Labute approximate surface area is 100 Å². The topological polar surface area (TPSA) is 0 Å². The molecule has 0 aliphatic rings. The Morgan fingerprint density at radius 3 is 2.67 bits per heavy atom. The Bertz CT molecular complexity index is 312. The van der Waals surface area contributed by atoms with Gasteiger partial charge in [-0.25, -0.2) is 4.39 Å². The molecule has 0 N–H and O–H groups in total. The highest BCUT2D eigenvalue weighted by molar-refractivity contribution is 6.30. The number of halogens is 3. The summed E-state index contributed by atoms with van der Waals surface area (Å²) in [7, 11) is 0. The quantitative estimate of drug-likeness (QED) is 0.665. The smallest absolute Gasteiger partial charge is 0.142 e. The Kier molecular flexibility index (Phi) is 5.41. The van der Waals surface area contributed by atoms with E-state index in [1.165, 1.54) is 6.07 Å². The van der Waals surface area contributed by atoms with Crippen LogP contribution in [0.5, 0.6) is 0 Å². The molecule has 1 atom stereocenters. The highest BCUT2D eigenvalue weighted by atomic mass is 35.5. The van der Waals surface area contributed by atoms with E-state index >= 15 is 0 Å². The van der Waals surface area contributed by atoms with Crippen molar-refractivity contribution in [3.05, 3.63) is 34.6 Å². The lowest BCUT2D eigenvalue weighted by molar-refractivity contribution is 0.526. The van der Waals surface area contributed by atoms with Gasteiger partial charge in [-0.3, -0.25) is 0 Å². The van der Waals surface area contributed by atoms with E-state index in [1.807, 2.05) is 6.07 Å². The molecule has 1 rings (SSSR count). The minimum atomic E-state index is -0.348. The van der Waals surface area contributed by atoms with Gasteiger partial charge in [0.25, 0.3) is 0 Å². The number of alkyl halides is 1. The average molecular weight is 249 g/mol. The monoisotopic (exact) mass is 248 g/mol. The van der Waals surface area contributed by atoms with Crippen molar-refractivity contribution >= 4 is 23.2 Å². The second kappa shape index (κ2) is 6.34. The summed E-state index contributed by atoms with van der Waals surface area (Å²) in [6.45, 7) is 2.13. The van der Waals surface area contributed by atoms with E-state index < -0.39 is 0 Å². The summed E-state index contributed by atoms with van der Waals surface area (Å²) in [5.74, 6) is 0.703. The second-order valence-electron chi connectivity index (χ2n) is 3.76. The molecule has 3 heteroatoms. The number of hydrogen-bond acceptors (Lipinski definition) is 0. The maximum absolute atomic E-state index is 13.2. The fraction of sp³-hybridized carbons (Fsp3) is 0.500. The van der Waals surface area contributed by atoms with Gasteiger partial charge in [0.15, 0.2) is 0 Å². The van der Waals surface area contributed by atoms with Crippen molar-refractivity contribution in [2.75, 3.05) is 5.88 Å². The van der Waals surface area contributed by atoms with Crippen LogP contribution in [-0.4, -0.2) is 5.88 Å². The van der Waals surface area contributed by atoms with Gasteiger partial charge in [-0.15, -0.1) is 11.6 Å². The van der Waals surface area contributed by atoms with Gasteiger partial charge in [-0.05, 0) is 36.5 Å². The molecule has 0 saturated heterocycles. The minimum absolute atomic E-state index is 0.177. The number of hydrogen-bond donors (Lipinski definition) is 0. The Morgan fingerprint density at radius 2 is 2.13 bits per heavy atom. The molecular formula is C12H15Cl2F. The molecule has 84 valence electrons. The lowest BCUT2D eigenvalue weighted by Crippen LogP contribution is -2.06. The zero-order valence-corrected chi connectivity index (χ0v) is 10.3. The summed E-state index contributed by atoms with van der Waals surface area (Å²) in [5, 5.41) is 0.177. The average Bonchev–Trinajstić information content (AvgIpc) is 2.23. The molecule has 0 saturated carbocycles. The van der Waals surface area contributed by atoms with E-state index in [9.17, 15) is 4.39 Å². The molecule has 0 spiro atoms. The molecule has 0 aromatic heterocycles. The predicted molar refractivity (Wildman–Crippen MR) is 64.2 cm³/mol. The summed E-state index contributed by atoms with van der Waals surface area (Å²) in [4.78, 5) is 0. The SMILES string of the molecule is CCCC(CCl)Cc1ccc(Cl)c(F)c1. The van der Waals surface area contributed by atoms with Gasteiger partial charge >= 0.3 is 0 Å². The first-order valence-corrected chi connectivity index (χ1v) is 6.08. The van der Waals surface area contributed by atoms with Gasteiger partial charge < -0.3 is 0 Å². The normalized spacial score (nSPS) is 12.8. The molecule has 1 unspecified atom stereocenters. The Balaban J connectivity index is 2.66. The van der Waals surface area contributed by atoms with Crippen molar-refractivity contribution in [3.63, 3.8) is 0 Å². The summed E-state index contributed by atoms with van der Waals surface area (Å²) in [6, 6.07) is 4.96. The molecule has 1 aromatic rings. The van der Waals surface area contributed by atoms with Gasteiger partial charge in [-0.2, -0.15) is 0 Å². The van der Waals surface area contributed by atoms with Gasteiger partial charge in [0, 0.05) is 5.88 Å². The van der Waals surface area contributed by atoms with E-state index in [2.05, 4.69) is 6.92 Å². The largest absolute Gasteiger partial charge is 0.205 e. The van der Waals surface area contributed by atoms with Gasteiger partial charge in [-0.1, -0.05) is 31.0 Å². The van der Waals surface area contributed by atoms with Crippen LogP contribution in [0.25, 0.3) is 0 Å². The van der Waals surface area contributed by atoms with Crippen molar-refractivity contribution in [3.8, 4) is 0 Å². The summed E-state index contributed by atoms with van der Waals surface area (Å²) < 4.78 is 13.2. The van der Waals surface area contributed by atoms with E-state index in [0.717, 1.165) is 24.8 Å². The van der Waals surface area contributed by atoms with E-state index in [1.54, 1.807) is 6.07 Å². The third kappa shape index (κ3) is 4.00. The lowest BCUT2D eigenvalue weighted by Gasteiger charge is -2.12. The van der Waals surface area contributed by atoms with Crippen LogP contribution in [0.15, 0.2) is 18.2 Å². The third-order valence-corrected chi connectivity index (χ3v) is 3.17. The molecule has 0 aliphatic carbocycles. The summed E-state index contributed by atoms with van der Waals surface area (Å²) in [6.07, 6.45) is 3.01. The highest BCUT2D eigenvalue weighted by Gasteiger charge is 2.09. The zero-order chi connectivity index (χ0) is 11.3. The highest BCUT2D eigenvalue weighted by Crippen LogP contribution is 2.20. The summed E-state index contributed by atoms with van der Waals surface area (Å²) >= 11 is 11.5. The van der Waals surface area contributed by atoms with Crippen LogP contribution >= 0.6 is 23.2 Å². The molecule has 0 bridgehead atoms. The summed E-state index contributed by atoms with van der Waals surface area (Å²) in [5.41, 5.74) is 0.969. The van der Waals surface area contributed by atoms with Crippen LogP contribution < -0.4 is 0 Å². The minimum Gasteiger partial charge on any atom is -0.205 e. The van der Waals surface area contributed by atoms with Crippen molar-refractivity contribution < 1.29 is 4.39 Å². The van der Waals surface area contributed by atoms with E-state index in [4.69, 9.17) is 23.2 Å². The molecule has 0 heterocycles. The van der Waals surface area contributed by atoms with Crippen LogP contribution in [0.3, 0.4) is 0 Å². The fourth-order valence-electron chi connectivity index (χ4n) is 1.64. The maximum Gasteiger partial charge on any atom is 0.142 e. The zero-order valence-electron chi connectivity index (χ0n) is 8.77. The molecule has 1 aromatic carbocycles. The van der Waals surface area contributed by atoms with Crippen LogP contribution in [0.4, 0.5) is 4.39 Å². The standard InChI is InChI=1S/C12H15Cl2F/c1-2-3-10(8-13)6-9-4-5-11(14)12(15)7-9/h4-5,7,10H,2-3,6,8H2,1H3. The van der Waals surface area contributed by atoms with Crippen LogP contribution in [0.2, 0.25) is 5.02 Å². The van der Waals surface area contributed by atoms with Crippen molar-refractivity contribution in [2.24, 2.45) is 5.92 Å². The Morgan fingerprint density at radius 1 is 1.40 bits per heavy atom. The molecule has 0 aliphatic heterocycles. The van der Waals surface area contributed by atoms with E-state index in [-0.39, 0.29) is 10.8 Å². The predicted octanol–water partition coefficient (Wildman–Crippen LogP) is 4.68. The molecule has 0 nitrogen and oxygen atoms in total. The first-order valence-electron chi connectivity index (χ1n) is 5.17. The molecule has 0 amide bonds. The third-order valence-electron chi connectivity index (χ3n) is 2.42. The second-order valence-corrected chi connectivity index (χ2v) is 4.48. The van der Waals surface area contributed by atoms with Crippen molar-refractivity contribution in [1.82, 2.24) is 0 Å². The fourth-order valence-corrected chi connectivity index (χ4v) is 2.02. The molecule has 0 fully saturated rings. The van der Waals surface area contributed by atoms with Crippen LogP contribution in [-0.2, 0) is 6.42 Å². The first kappa shape index (κ1) is 12.8. The van der Waals surface area contributed by atoms with Crippen molar-refractivity contribution in [2.45, 2.75) is 26.2 Å². The molecule has 0 radical (unpaired) electrons. The molecular weight excluding hydrogens is 234 g/mol.